The van der Waals surface area contributed by atoms with E-state index in [-0.39, 0.29) is 0 Å². The Morgan fingerprint density at radius 1 is 1.37 bits per heavy atom. The number of aromatic nitrogens is 2. The van der Waals surface area contributed by atoms with Crippen LogP contribution in [-0.2, 0) is 6.42 Å². The zero-order chi connectivity index (χ0) is 13.7. The number of thiophene rings is 1. The lowest BCUT2D eigenvalue weighted by atomic mass is 10.2. The van der Waals surface area contributed by atoms with Crippen LogP contribution in [0.4, 0.5) is 0 Å². The third-order valence-electron chi connectivity index (χ3n) is 2.58. The molecule has 19 heavy (non-hydrogen) atoms. The van der Waals surface area contributed by atoms with Gasteiger partial charge in [0.1, 0.15) is 15.6 Å². The summed E-state index contributed by atoms with van der Waals surface area (Å²) in [5.41, 5.74) is 0. The second-order valence-corrected chi connectivity index (χ2v) is 6.65. The van der Waals surface area contributed by atoms with Crippen molar-refractivity contribution in [3.05, 3.63) is 16.5 Å². The van der Waals surface area contributed by atoms with E-state index in [1.165, 1.54) is 0 Å². The van der Waals surface area contributed by atoms with Gasteiger partial charge in [-0.05, 0) is 23.9 Å². The Kier molecular flexibility index (Phi) is 5.30. The molecule has 6 heteroatoms. The zero-order valence-corrected chi connectivity index (χ0v) is 13.1. The summed E-state index contributed by atoms with van der Waals surface area (Å²) in [6, 6.07) is 1.96. The van der Waals surface area contributed by atoms with Crippen LogP contribution in [0.5, 0.6) is 5.75 Å². The molecule has 0 aliphatic rings. The largest absolute Gasteiger partial charge is 0.495 e. The molecular weight excluding hydrogens is 278 g/mol. The first-order chi connectivity index (χ1) is 9.20. The lowest BCUT2D eigenvalue weighted by molar-refractivity contribution is 0.418. The minimum absolute atomic E-state index is 0.681. The van der Waals surface area contributed by atoms with Crippen LogP contribution in [0.1, 0.15) is 18.9 Å². The highest BCUT2D eigenvalue weighted by Crippen LogP contribution is 2.36. The molecule has 0 aliphatic heterocycles. The second-order valence-electron chi connectivity index (χ2n) is 4.67. The van der Waals surface area contributed by atoms with Crippen molar-refractivity contribution in [2.24, 2.45) is 5.92 Å². The van der Waals surface area contributed by atoms with Gasteiger partial charge in [-0.15, -0.1) is 21.5 Å². The molecule has 0 atom stereocenters. The molecule has 4 nitrogen and oxygen atoms in total. The van der Waals surface area contributed by atoms with Crippen LogP contribution in [0.15, 0.2) is 11.4 Å². The molecule has 0 aromatic carbocycles. The minimum atomic E-state index is 0.681. The Bertz CT molecular complexity index is 507. The number of methoxy groups -OCH3 is 1. The summed E-state index contributed by atoms with van der Waals surface area (Å²) in [5.74, 6) is 1.56. The van der Waals surface area contributed by atoms with Crippen LogP contribution in [0.25, 0.3) is 9.88 Å². The number of ether oxygens (including phenoxy) is 1. The maximum Gasteiger partial charge on any atom is 0.161 e. The van der Waals surface area contributed by atoms with Gasteiger partial charge in [0.25, 0.3) is 0 Å². The van der Waals surface area contributed by atoms with E-state index in [0.717, 1.165) is 40.2 Å². The number of hydrogen-bond acceptors (Lipinski definition) is 6. The third-order valence-corrected chi connectivity index (χ3v) is 4.61. The maximum atomic E-state index is 5.31. The first-order valence-corrected chi connectivity index (χ1v) is 8.05. The van der Waals surface area contributed by atoms with Gasteiger partial charge in [-0.25, -0.2) is 0 Å². The van der Waals surface area contributed by atoms with Crippen LogP contribution in [-0.4, -0.2) is 30.4 Å². The summed E-state index contributed by atoms with van der Waals surface area (Å²) in [5, 5.41) is 15.9. The molecule has 0 amide bonds. The molecule has 0 saturated carbocycles. The van der Waals surface area contributed by atoms with Crippen molar-refractivity contribution >= 4 is 22.7 Å². The van der Waals surface area contributed by atoms with Gasteiger partial charge in [0.05, 0.1) is 7.11 Å². The standard InChI is InChI=1S/C13H19N3OS2/c1-9(2)8-14-6-4-11-15-16-13(19-11)12-10(17-3)5-7-18-12/h5,7,9,14H,4,6,8H2,1-3H3. The fourth-order valence-corrected chi connectivity index (χ4v) is 3.44. The summed E-state index contributed by atoms with van der Waals surface area (Å²) in [4.78, 5) is 1.07. The quantitative estimate of drug-likeness (QED) is 0.798. The Labute approximate surface area is 121 Å². The van der Waals surface area contributed by atoms with Crippen molar-refractivity contribution in [2.45, 2.75) is 20.3 Å². The summed E-state index contributed by atoms with van der Waals surface area (Å²) in [6.07, 6.45) is 0.929. The molecule has 0 spiro atoms. The smallest absolute Gasteiger partial charge is 0.161 e. The highest BCUT2D eigenvalue weighted by molar-refractivity contribution is 7.21. The highest BCUT2D eigenvalue weighted by Gasteiger charge is 2.12. The fraction of sp³-hybridized carbons (Fsp3) is 0.538. The summed E-state index contributed by atoms with van der Waals surface area (Å²) >= 11 is 3.29. The van der Waals surface area contributed by atoms with Crippen molar-refractivity contribution in [2.75, 3.05) is 20.2 Å². The van der Waals surface area contributed by atoms with E-state index in [1.807, 2.05) is 11.4 Å². The van der Waals surface area contributed by atoms with E-state index < -0.39 is 0 Å². The molecular formula is C13H19N3OS2. The lowest BCUT2D eigenvalue weighted by Gasteiger charge is -2.05. The van der Waals surface area contributed by atoms with Crippen molar-refractivity contribution in [1.82, 2.24) is 15.5 Å². The van der Waals surface area contributed by atoms with Gasteiger partial charge in [0, 0.05) is 13.0 Å². The molecule has 0 fully saturated rings. The van der Waals surface area contributed by atoms with Crippen LogP contribution >= 0.6 is 22.7 Å². The van der Waals surface area contributed by atoms with E-state index in [0.29, 0.717) is 5.92 Å². The number of hydrogen-bond donors (Lipinski definition) is 1. The van der Waals surface area contributed by atoms with Gasteiger partial charge in [0.2, 0.25) is 0 Å². The number of nitrogens with one attached hydrogen (secondary N) is 1. The van der Waals surface area contributed by atoms with Crippen molar-refractivity contribution in [3.63, 3.8) is 0 Å². The second kappa shape index (κ2) is 6.98. The van der Waals surface area contributed by atoms with E-state index in [2.05, 4.69) is 29.4 Å². The molecule has 104 valence electrons. The molecule has 0 bridgehead atoms. The lowest BCUT2D eigenvalue weighted by Crippen LogP contribution is -2.22. The van der Waals surface area contributed by atoms with Gasteiger partial charge in [-0.3, -0.25) is 0 Å². The Balaban J connectivity index is 1.92. The van der Waals surface area contributed by atoms with E-state index in [9.17, 15) is 0 Å². The molecule has 2 heterocycles. The van der Waals surface area contributed by atoms with Crippen molar-refractivity contribution < 1.29 is 4.74 Å². The SMILES string of the molecule is COc1ccsc1-c1nnc(CCNCC(C)C)s1. The van der Waals surface area contributed by atoms with Crippen LogP contribution in [0.3, 0.4) is 0 Å². The van der Waals surface area contributed by atoms with Crippen LogP contribution in [0, 0.1) is 5.92 Å². The Hall–Kier alpha value is -0.980. The normalized spacial score (nSPS) is 11.2. The van der Waals surface area contributed by atoms with Gasteiger partial charge in [-0.2, -0.15) is 0 Å². The fourth-order valence-electron chi connectivity index (χ4n) is 1.65. The van der Waals surface area contributed by atoms with Gasteiger partial charge in [-0.1, -0.05) is 25.2 Å². The zero-order valence-electron chi connectivity index (χ0n) is 11.5. The molecule has 2 rings (SSSR count). The topological polar surface area (TPSA) is 47.0 Å². The van der Waals surface area contributed by atoms with E-state index in [1.54, 1.807) is 29.8 Å². The third kappa shape index (κ3) is 3.99. The van der Waals surface area contributed by atoms with Crippen molar-refractivity contribution in [1.29, 1.82) is 0 Å². The molecule has 1 N–H and O–H groups in total. The molecule has 0 aliphatic carbocycles. The molecule has 2 aromatic rings. The maximum absolute atomic E-state index is 5.31. The molecule has 0 unspecified atom stereocenters. The Morgan fingerprint density at radius 3 is 2.95 bits per heavy atom. The number of nitrogens with zero attached hydrogens (tertiary/aromatic N) is 2. The summed E-state index contributed by atoms with van der Waals surface area (Å²) in [6.45, 7) is 6.41. The Morgan fingerprint density at radius 2 is 2.21 bits per heavy atom. The molecule has 2 aromatic heterocycles. The van der Waals surface area contributed by atoms with E-state index in [4.69, 9.17) is 4.74 Å². The first-order valence-electron chi connectivity index (χ1n) is 6.35. The van der Waals surface area contributed by atoms with Crippen molar-refractivity contribution in [3.8, 4) is 15.6 Å². The monoisotopic (exact) mass is 297 g/mol. The molecule has 0 saturated heterocycles. The average molecular weight is 297 g/mol. The summed E-state index contributed by atoms with van der Waals surface area (Å²) in [7, 11) is 1.68. The van der Waals surface area contributed by atoms with Gasteiger partial charge < -0.3 is 10.1 Å². The minimum Gasteiger partial charge on any atom is -0.495 e. The number of rotatable bonds is 7. The van der Waals surface area contributed by atoms with Gasteiger partial charge in [0.15, 0.2) is 5.01 Å². The highest BCUT2D eigenvalue weighted by atomic mass is 32.1. The predicted octanol–water partition coefficient (Wildman–Crippen LogP) is 3.06. The first kappa shape index (κ1) is 14.4. The predicted molar refractivity (Wildman–Crippen MR) is 81.2 cm³/mol. The molecule has 0 radical (unpaired) electrons. The van der Waals surface area contributed by atoms with Crippen LogP contribution in [0.2, 0.25) is 0 Å². The van der Waals surface area contributed by atoms with Gasteiger partial charge >= 0.3 is 0 Å². The average Bonchev–Trinajstić information content (AvgIpc) is 3.02. The van der Waals surface area contributed by atoms with Crippen LogP contribution < -0.4 is 10.1 Å². The van der Waals surface area contributed by atoms with E-state index >= 15 is 0 Å². The summed E-state index contributed by atoms with van der Waals surface area (Å²) < 4.78 is 5.31.